The van der Waals surface area contributed by atoms with Crippen molar-refractivity contribution in [1.82, 2.24) is 19.9 Å². The number of aromatic nitrogens is 3. The summed E-state index contributed by atoms with van der Waals surface area (Å²) in [5.74, 6) is 1.16. The zero-order valence-corrected chi connectivity index (χ0v) is 16.9. The molecule has 4 rings (SSSR count). The monoisotopic (exact) mass is 396 g/mol. The fraction of sp³-hybridized carbons (Fsp3) is 0.381. The van der Waals surface area contributed by atoms with Crippen molar-refractivity contribution in [2.75, 3.05) is 36.4 Å². The molecule has 1 aliphatic heterocycles. The van der Waals surface area contributed by atoms with Crippen LogP contribution in [0.2, 0.25) is 0 Å². The molecule has 0 atom stereocenters. The van der Waals surface area contributed by atoms with Crippen LogP contribution in [0.4, 0.5) is 16.0 Å². The van der Waals surface area contributed by atoms with Crippen molar-refractivity contribution < 1.29 is 9.18 Å². The Morgan fingerprint density at radius 1 is 1.10 bits per heavy atom. The Kier molecular flexibility index (Phi) is 4.86. The SMILES string of the molecule is CC(C)(C)Nc1nccnc1N1CCN(C(=O)c2cc3cc(F)ccc3[nH]2)CC1. The second-order valence-corrected chi connectivity index (χ2v) is 8.30. The zero-order chi connectivity index (χ0) is 20.6. The minimum absolute atomic E-state index is 0.0755. The number of H-pyrrole nitrogens is 1. The molecular weight excluding hydrogens is 371 g/mol. The van der Waals surface area contributed by atoms with Gasteiger partial charge in [0.05, 0.1) is 0 Å². The van der Waals surface area contributed by atoms with Gasteiger partial charge >= 0.3 is 0 Å². The molecule has 1 aliphatic rings. The number of carbonyl (C=O) groups excluding carboxylic acids is 1. The number of hydrogen-bond donors (Lipinski definition) is 2. The molecule has 1 aromatic carbocycles. The van der Waals surface area contributed by atoms with Crippen LogP contribution in [0.25, 0.3) is 10.9 Å². The van der Waals surface area contributed by atoms with Gasteiger partial charge in [-0.2, -0.15) is 0 Å². The molecule has 3 heterocycles. The molecule has 7 nitrogen and oxygen atoms in total. The van der Waals surface area contributed by atoms with Crippen LogP contribution in [-0.4, -0.2) is 57.5 Å². The average molecular weight is 396 g/mol. The molecule has 2 N–H and O–H groups in total. The van der Waals surface area contributed by atoms with Crippen LogP contribution in [0.3, 0.4) is 0 Å². The normalized spacial score (nSPS) is 15.0. The van der Waals surface area contributed by atoms with Gasteiger partial charge in [-0.25, -0.2) is 14.4 Å². The average Bonchev–Trinajstić information content (AvgIpc) is 3.10. The lowest BCUT2D eigenvalue weighted by atomic mass is 10.1. The summed E-state index contributed by atoms with van der Waals surface area (Å²) in [6.07, 6.45) is 3.36. The van der Waals surface area contributed by atoms with Crippen LogP contribution < -0.4 is 10.2 Å². The Morgan fingerprint density at radius 3 is 2.55 bits per heavy atom. The van der Waals surface area contributed by atoms with Gasteiger partial charge in [-0.1, -0.05) is 0 Å². The summed E-state index contributed by atoms with van der Waals surface area (Å²) in [5, 5.41) is 4.09. The minimum Gasteiger partial charge on any atom is -0.362 e. The summed E-state index contributed by atoms with van der Waals surface area (Å²) in [4.78, 5) is 28.9. The molecule has 3 aromatic rings. The smallest absolute Gasteiger partial charge is 0.270 e. The van der Waals surface area contributed by atoms with Crippen molar-refractivity contribution in [1.29, 1.82) is 0 Å². The topological polar surface area (TPSA) is 77.2 Å². The third-order valence-electron chi connectivity index (χ3n) is 4.85. The molecule has 1 saturated heterocycles. The number of anilines is 2. The Morgan fingerprint density at radius 2 is 1.83 bits per heavy atom. The highest BCUT2D eigenvalue weighted by Crippen LogP contribution is 2.25. The van der Waals surface area contributed by atoms with Crippen LogP contribution in [0.15, 0.2) is 36.7 Å². The number of halogens is 1. The van der Waals surface area contributed by atoms with Gasteiger partial charge in [-0.05, 0) is 45.0 Å². The number of nitrogens with one attached hydrogen (secondary N) is 2. The van der Waals surface area contributed by atoms with Gasteiger partial charge < -0.3 is 20.1 Å². The first-order valence-corrected chi connectivity index (χ1v) is 9.72. The quantitative estimate of drug-likeness (QED) is 0.711. The summed E-state index contributed by atoms with van der Waals surface area (Å²) in [5.41, 5.74) is 1.11. The van der Waals surface area contributed by atoms with Gasteiger partial charge in [0.1, 0.15) is 11.5 Å². The maximum Gasteiger partial charge on any atom is 0.270 e. The van der Waals surface area contributed by atoms with Gasteiger partial charge in [0, 0.05) is 55.0 Å². The van der Waals surface area contributed by atoms with E-state index < -0.39 is 0 Å². The number of carbonyl (C=O) groups is 1. The molecule has 29 heavy (non-hydrogen) atoms. The molecule has 8 heteroatoms. The summed E-state index contributed by atoms with van der Waals surface area (Å²) < 4.78 is 13.4. The fourth-order valence-corrected chi connectivity index (χ4v) is 3.52. The highest BCUT2D eigenvalue weighted by atomic mass is 19.1. The molecule has 0 aliphatic carbocycles. The van der Waals surface area contributed by atoms with E-state index in [1.807, 2.05) is 4.90 Å². The van der Waals surface area contributed by atoms with Gasteiger partial charge in [0.25, 0.3) is 5.91 Å². The van der Waals surface area contributed by atoms with E-state index in [2.05, 4.69) is 45.9 Å². The van der Waals surface area contributed by atoms with Crippen LogP contribution in [0, 0.1) is 5.82 Å². The predicted molar refractivity (Wildman–Crippen MR) is 112 cm³/mol. The number of nitrogens with zero attached hydrogens (tertiary/aromatic N) is 4. The van der Waals surface area contributed by atoms with Gasteiger partial charge in [0.2, 0.25) is 0 Å². The molecule has 0 spiro atoms. The number of amides is 1. The minimum atomic E-state index is -0.312. The number of aromatic amines is 1. The molecule has 0 bridgehead atoms. The lowest BCUT2D eigenvalue weighted by Crippen LogP contribution is -2.49. The Hall–Kier alpha value is -3.16. The first kappa shape index (κ1) is 19.2. The van der Waals surface area contributed by atoms with E-state index in [0.29, 0.717) is 37.3 Å². The molecule has 0 radical (unpaired) electrons. The van der Waals surface area contributed by atoms with E-state index in [4.69, 9.17) is 0 Å². The number of benzene rings is 1. The molecule has 152 valence electrons. The number of piperazine rings is 1. The molecule has 1 fully saturated rings. The van der Waals surface area contributed by atoms with Crippen molar-refractivity contribution in [2.45, 2.75) is 26.3 Å². The Labute approximate surface area is 168 Å². The van der Waals surface area contributed by atoms with Crippen molar-refractivity contribution in [3.8, 4) is 0 Å². The molecule has 0 unspecified atom stereocenters. The summed E-state index contributed by atoms with van der Waals surface area (Å²) in [6, 6.07) is 6.17. The highest BCUT2D eigenvalue weighted by Gasteiger charge is 2.26. The highest BCUT2D eigenvalue weighted by molar-refractivity contribution is 5.98. The van der Waals surface area contributed by atoms with Crippen LogP contribution >= 0.6 is 0 Å². The second-order valence-electron chi connectivity index (χ2n) is 8.30. The first-order chi connectivity index (χ1) is 13.8. The Balaban J connectivity index is 1.46. The first-order valence-electron chi connectivity index (χ1n) is 9.72. The zero-order valence-electron chi connectivity index (χ0n) is 16.9. The van der Waals surface area contributed by atoms with Crippen LogP contribution in [-0.2, 0) is 0 Å². The third-order valence-corrected chi connectivity index (χ3v) is 4.85. The van der Waals surface area contributed by atoms with Crippen molar-refractivity contribution in [3.05, 3.63) is 48.2 Å². The van der Waals surface area contributed by atoms with E-state index in [9.17, 15) is 9.18 Å². The maximum atomic E-state index is 13.4. The fourth-order valence-electron chi connectivity index (χ4n) is 3.52. The van der Waals surface area contributed by atoms with E-state index in [0.717, 1.165) is 17.2 Å². The predicted octanol–water partition coefficient (Wildman–Crippen LogP) is 3.27. The summed E-state index contributed by atoms with van der Waals surface area (Å²) in [7, 11) is 0. The van der Waals surface area contributed by atoms with Crippen LogP contribution in [0.1, 0.15) is 31.3 Å². The van der Waals surface area contributed by atoms with E-state index in [1.165, 1.54) is 12.1 Å². The number of fused-ring (bicyclic) bond motifs is 1. The standard InChI is InChI=1S/C21H25FN6O/c1-21(2,3)26-18-19(24-7-6-23-18)27-8-10-28(11-9-27)20(29)17-13-14-12-15(22)4-5-16(14)25-17/h4-7,12-13,25H,8-11H2,1-3H3,(H,23,26). The van der Waals surface area contributed by atoms with Gasteiger partial charge in [0.15, 0.2) is 11.6 Å². The van der Waals surface area contributed by atoms with Crippen molar-refractivity contribution >= 4 is 28.4 Å². The number of hydrogen-bond acceptors (Lipinski definition) is 5. The largest absolute Gasteiger partial charge is 0.362 e. The second kappa shape index (κ2) is 7.35. The molecule has 1 amide bonds. The van der Waals surface area contributed by atoms with Gasteiger partial charge in [-0.3, -0.25) is 4.79 Å². The van der Waals surface area contributed by atoms with E-state index >= 15 is 0 Å². The van der Waals surface area contributed by atoms with Crippen LogP contribution in [0.5, 0.6) is 0 Å². The van der Waals surface area contributed by atoms with Crippen molar-refractivity contribution in [3.63, 3.8) is 0 Å². The lowest BCUT2D eigenvalue weighted by Gasteiger charge is -2.36. The third kappa shape index (κ3) is 4.16. The number of rotatable bonds is 3. The summed E-state index contributed by atoms with van der Waals surface area (Å²) >= 11 is 0. The maximum absolute atomic E-state index is 13.4. The molecule has 0 saturated carbocycles. The van der Waals surface area contributed by atoms with E-state index in [-0.39, 0.29) is 17.3 Å². The molecule has 2 aromatic heterocycles. The lowest BCUT2D eigenvalue weighted by molar-refractivity contribution is 0.0741. The van der Waals surface area contributed by atoms with E-state index in [1.54, 1.807) is 24.5 Å². The Bertz CT molecular complexity index is 1030. The molecular formula is C21H25FN6O. The van der Waals surface area contributed by atoms with Crippen molar-refractivity contribution in [2.24, 2.45) is 0 Å². The summed E-state index contributed by atoms with van der Waals surface area (Å²) in [6.45, 7) is 8.72. The van der Waals surface area contributed by atoms with Gasteiger partial charge in [-0.15, -0.1) is 0 Å².